The molecule has 0 fully saturated rings. The molecular formula is C7H10N4O. The summed E-state index contributed by atoms with van der Waals surface area (Å²) in [5.74, 6) is 0.550. The number of nitrogens with two attached hydrogens (primary N) is 2. The normalized spacial score (nSPS) is 13.8. The number of hydrogen-bond acceptors (Lipinski definition) is 4. The third-order valence-electron chi connectivity index (χ3n) is 1.81. The third kappa shape index (κ3) is 0.910. The monoisotopic (exact) mass is 166 g/mol. The maximum atomic E-state index is 5.74. The van der Waals surface area contributed by atoms with E-state index in [0.717, 1.165) is 5.69 Å². The van der Waals surface area contributed by atoms with Crippen LogP contribution in [0.5, 0.6) is 0 Å². The molecule has 64 valence electrons. The van der Waals surface area contributed by atoms with E-state index in [-0.39, 0.29) is 6.04 Å². The predicted octanol–water partition coefficient (Wildman–Crippen LogP) is -0.114. The number of oxazole rings is 1. The minimum absolute atomic E-state index is 0.183. The van der Waals surface area contributed by atoms with Crippen molar-refractivity contribution in [2.75, 3.05) is 6.54 Å². The van der Waals surface area contributed by atoms with Crippen LogP contribution in [0.25, 0.3) is 5.84 Å². The van der Waals surface area contributed by atoms with E-state index >= 15 is 0 Å². The van der Waals surface area contributed by atoms with Gasteiger partial charge in [0.1, 0.15) is 6.26 Å². The van der Waals surface area contributed by atoms with Crippen LogP contribution in [0.4, 0.5) is 0 Å². The molecule has 0 saturated heterocycles. The molecule has 5 heteroatoms. The fourth-order valence-corrected chi connectivity index (χ4v) is 1.14. The Morgan fingerprint density at radius 3 is 3.25 bits per heavy atom. The van der Waals surface area contributed by atoms with Crippen molar-refractivity contribution < 1.29 is 4.42 Å². The average Bonchev–Trinajstić information content (AvgIpc) is 2.62. The van der Waals surface area contributed by atoms with Crippen molar-refractivity contribution in [1.82, 2.24) is 9.38 Å². The summed E-state index contributed by atoms with van der Waals surface area (Å²) in [6.45, 7) is 0.402. The lowest BCUT2D eigenvalue weighted by atomic mass is 10.2. The first kappa shape index (κ1) is 7.33. The number of rotatable bonds is 2. The summed E-state index contributed by atoms with van der Waals surface area (Å²) in [5.41, 5.74) is 12.0. The molecule has 0 aliphatic carbocycles. The number of fused-ring (bicyclic) bond motifs is 1. The molecule has 0 spiro atoms. The van der Waals surface area contributed by atoms with Gasteiger partial charge in [0.2, 0.25) is 0 Å². The molecule has 5 nitrogen and oxygen atoms in total. The Bertz CT molecular complexity index is 377. The number of hydrogen-bond donors (Lipinski definition) is 2. The van der Waals surface area contributed by atoms with Crippen molar-refractivity contribution in [2.45, 2.75) is 6.04 Å². The third-order valence-corrected chi connectivity index (χ3v) is 1.81. The van der Waals surface area contributed by atoms with E-state index in [2.05, 4.69) is 4.98 Å². The van der Waals surface area contributed by atoms with Gasteiger partial charge in [0, 0.05) is 12.7 Å². The second-order valence-corrected chi connectivity index (χ2v) is 2.58. The SMILES string of the molecule is NCC(N)c1cnc2occn12. The second-order valence-electron chi connectivity index (χ2n) is 2.58. The standard InChI is InChI=1S/C7H10N4O/c8-3-5(9)6-4-10-7-11(6)1-2-12-7/h1-2,4-5H,3,8-9H2. The number of aromatic nitrogens is 2. The zero-order valence-corrected chi connectivity index (χ0v) is 6.47. The van der Waals surface area contributed by atoms with Crippen molar-refractivity contribution in [3.05, 3.63) is 24.4 Å². The Morgan fingerprint density at radius 2 is 2.50 bits per heavy atom. The van der Waals surface area contributed by atoms with E-state index in [1.807, 2.05) is 0 Å². The first-order valence-corrected chi connectivity index (χ1v) is 3.69. The zero-order valence-electron chi connectivity index (χ0n) is 6.47. The molecule has 0 saturated carbocycles. The lowest BCUT2D eigenvalue weighted by Crippen LogP contribution is -2.21. The van der Waals surface area contributed by atoms with Crippen LogP contribution in [-0.4, -0.2) is 15.9 Å². The van der Waals surface area contributed by atoms with Crippen LogP contribution in [0.1, 0.15) is 11.7 Å². The molecule has 0 bridgehead atoms. The molecular weight excluding hydrogens is 156 g/mol. The molecule has 0 aliphatic heterocycles. The highest BCUT2D eigenvalue weighted by Crippen LogP contribution is 2.12. The summed E-state index contributed by atoms with van der Waals surface area (Å²) in [5, 5.41) is 0. The van der Waals surface area contributed by atoms with Gasteiger partial charge in [-0.25, -0.2) is 4.98 Å². The molecule has 1 atom stereocenters. The van der Waals surface area contributed by atoms with E-state index in [0.29, 0.717) is 12.4 Å². The minimum atomic E-state index is -0.183. The lowest BCUT2D eigenvalue weighted by Gasteiger charge is -2.04. The summed E-state index contributed by atoms with van der Waals surface area (Å²) in [6, 6.07) is -0.183. The van der Waals surface area contributed by atoms with Crippen molar-refractivity contribution in [3.63, 3.8) is 0 Å². The summed E-state index contributed by atoms with van der Waals surface area (Å²) < 4.78 is 6.84. The van der Waals surface area contributed by atoms with Crippen molar-refractivity contribution in [3.8, 4) is 0 Å². The molecule has 2 rings (SSSR count). The van der Waals surface area contributed by atoms with E-state index < -0.39 is 0 Å². The molecule has 0 aliphatic rings. The maximum absolute atomic E-state index is 5.74. The molecule has 0 amide bonds. The highest BCUT2D eigenvalue weighted by atomic mass is 16.3. The van der Waals surface area contributed by atoms with Crippen molar-refractivity contribution in [2.24, 2.45) is 11.5 Å². The molecule has 1 unspecified atom stereocenters. The Morgan fingerprint density at radius 1 is 1.67 bits per heavy atom. The summed E-state index contributed by atoms with van der Waals surface area (Å²) in [7, 11) is 0. The van der Waals surface area contributed by atoms with Crippen LogP contribution >= 0.6 is 0 Å². The fourth-order valence-electron chi connectivity index (χ4n) is 1.14. The van der Waals surface area contributed by atoms with Crippen LogP contribution in [-0.2, 0) is 0 Å². The van der Waals surface area contributed by atoms with E-state index in [1.54, 1.807) is 23.1 Å². The van der Waals surface area contributed by atoms with Crippen LogP contribution in [0.15, 0.2) is 23.1 Å². The average molecular weight is 166 g/mol. The Labute approximate surface area is 69.0 Å². The summed E-state index contributed by atoms with van der Waals surface area (Å²) in [4.78, 5) is 4.01. The second kappa shape index (κ2) is 2.62. The molecule has 0 aromatic carbocycles. The van der Waals surface area contributed by atoms with Gasteiger partial charge in [-0.1, -0.05) is 0 Å². The fraction of sp³-hybridized carbons (Fsp3) is 0.286. The van der Waals surface area contributed by atoms with Crippen LogP contribution < -0.4 is 11.5 Å². The largest absolute Gasteiger partial charge is 0.432 e. The molecule has 2 heterocycles. The number of imidazole rings is 1. The van der Waals surface area contributed by atoms with Gasteiger partial charge >= 0.3 is 5.84 Å². The highest BCUT2D eigenvalue weighted by molar-refractivity contribution is 5.28. The van der Waals surface area contributed by atoms with Gasteiger partial charge in [0.05, 0.1) is 17.9 Å². The maximum Gasteiger partial charge on any atom is 0.305 e. The Balaban J connectivity index is 2.53. The van der Waals surface area contributed by atoms with E-state index in [1.165, 1.54) is 0 Å². The predicted molar refractivity (Wildman–Crippen MR) is 43.4 cm³/mol. The van der Waals surface area contributed by atoms with Crippen LogP contribution in [0.3, 0.4) is 0 Å². The molecule has 2 aromatic rings. The molecule has 0 radical (unpaired) electrons. The van der Waals surface area contributed by atoms with Crippen molar-refractivity contribution >= 4 is 5.84 Å². The van der Waals surface area contributed by atoms with Gasteiger partial charge in [0.25, 0.3) is 0 Å². The van der Waals surface area contributed by atoms with E-state index in [9.17, 15) is 0 Å². The summed E-state index contributed by atoms with van der Waals surface area (Å²) in [6.07, 6.45) is 5.01. The van der Waals surface area contributed by atoms with E-state index in [4.69, 9.17) is 15.9 Å². The summed E-state index contributed by atoms with van der Waals surface area (Å²) >= 11 is 0. The molecule has 2 aromatic heterocycles. The van der Waals surface area contributed by atoms with Crippen molar-refractivity contribution in [1.29, 1.82) is 0 Å². The lowest BCUT2D eigenvalue weighted by molar-refractivity contribution is 0.594. The van der Waals surface area contributed by atoms with Gasteiger partial charge in [0.15, 0.2) is 0 Å². The Hall–Kier alpha value is -1.33. The first-order chi connectivity index (χ1) is 5.83. The highest BCUT2D eigenvalue weighted by Gasteiger charge is 2.10. The number of nitrogens with zero attached hydrogens (tertiary/aromatic N) is 2. The Kier molecular flexibility index (Phi) is 1.60. The molecule has 12 heavy (non-hydrogen) atoms. The van der Waals surface area contributed by atoms with Crippen LogP contribution in [0, 0.1) is 0 Å². The smallest absolute Gasteiger partial charge is 0.305 e. The zero-order chi connectivity index (χ0) is 8.55. The molecule has 4 N–H and O–H groups in total. The van der Waals surface area contributed by atoms with Gasteiger partial charge in [-0.3, -0.25) is 4.40 Å². The van der Waals surface area contributed by atoms with Crippen LogP contribution in [0.2, 0.25) is 0 Å². The van der Waals surface area contributed by atoms with Gasteiger partial charge in [-0.2, -0.15) is 0 Å². The van der Waals surface area contributed by atoms with Gasteiger partial charge in [-0.15, -0.1) is 0 Å². The topological polar surface area (TPSA) is 82.5 Å². The quantitative estimate of drug-likeness (QED) is 0.651. The van der Waals surface area contributed by atoms with Gasteiger partial charge in [-0.05, 0) is 0 Å². The first-order valence-electron chi connectivity index (χ1n) is 3.69. The van der Waals surface area contributed by atoms with Gasteiger partial charge < -0.3 is 15.9 Å². The minimum Gasteiger partial charge on any atom is -0.432 e.